The Hall–Kier alpha value is -5.03. The fourth-order valence-corrected chi connectivity index (χ4v) is 7.52. The van der Waals surface area contributed by atoms with Crippen molar-refractivity contribution in [1.29, 1.82) is 0 Å². The second-order valence-electron chi connectivity index (χ2n) is 11.8. The number of para-hydroxylation sites is 2. The lowest BCUT2D eigenvalue weighted by Crippen LogP contribution is -2.26. The normalized spacial score (nSPS) is 15.8. The van der Waals surface area contributed by atoms with Crippen LogP contribution in [0.2, 0.25) is 0 Å². The second kappa shape index (κ2) is 11.2. The van der Waals surface area contributed by atoms with E-state index in [2.05, 4.69) is 128 Å². The molecule has 5 nitrogen and oxygen atoms in total. The van der Waals surface area contributed by atoms with E-state index in [9.17, 15) is 4.79 Å². The van der Waals surface area contributed by atoms with Gasteiger partial charge in [0.1, 0.15) is 0 Å². The number of anilines is 1. The summed E-state index contributed by atoms with van der Waals surface area (Å²) in [6.07, 6.45) is 2.24. The first kappa shape index (κ1) is 28.7. The van der Waals surface area contributed by atoms with Crippen molar-refractivity contribution in [2.75, 3.05) is 11.9 Å². The molecule has 7 rings (SSSR count). The van der Waals surface area contributed by atoms with E-state index in [1.54, 1.807) is 0 Å². The number of fused-ring (bicyclic) bond motifs is 3. The average Bonchev–Trinajstić information content (AvgIpc) is 3.63. The monoisotopic (exact) mass is 593 g/mol. The van der Waals surface area contributed by atoms with E-state index in [1.807, 2.05) is 24.3 Å². The Kier molecular flexibility index (Phi) is 7.12. The van der Waals surface area contributed by atoms with E-state index < -0.39 is 5.60 Å². The molecule has 0 saturated heterocycles. The maximum atomic E-state index is 13.7. The molecule has 6 aromatic rings. The number of aromatic nitrogens is 2. The van der Waals surface area contributed by atoms with Gasteiger partial charge in [-0.05, 0) is 76.6 Å². The molecule has 1 N–H and O–H groups in total. The van der Waals surface area contributed by atoms with Gasteiger partial charge in [-0.3, -0.25) is 0 Å². The third kappa shape index (κ3) is 4.33. The molecule has 0 bridgehead atoms. The Morgan fingerprint density at radius 1 is 0.733 bits per heavy atom. The second-order valence-corrected chi connectivity index (χ2v) is 11.8. The lowest BCUT2D eigenvalue weighted by atomic mass is 9.81. The van der Waals surface area contributed by atoms with Gasteiger partial charge in [-0.15, -0.1) is 0 Å². The number of aryl methyl sites for hydroxylation is 2. The number of ether oxygens (including phenoxy) is 1. The summed E-state index contributed by atoms with van der Waals surface area (Å²) in [5.41, 5.74) is 10.4. The number of nitrogens with one attached hydrogen (secondary N) is 1. The number of hydrogen-bond acceptors (Lipinski definition) is 3. The van der Waals surface area contributed by atoms with Crippen molar-refractivity contribution in [3.63, 3.8) is 0 Å². The summed E-state index contributed by atoms with van der Waals surface area (Å²) >= 11 is 0. The molecule has 1 aliphatic heterocycles. The quantitative estimate of drug-likeness (QED) is 0.179. The van der Waals surface area contributed by atoms with Crippen molar-refractivity contribution in [3.8, 4) is 0 Å². The summed E-state index contributed by atoms with van der Waals surface area (Å²) in [6, 6.07) is 33.5. The molecule has 1 unspecified atom stereocenters. The van der Waals surface area contributed by atoms with Crippen LogP contribution in [0.1, 0.15) is 64.8 Å². The number of rotatable bonds is 8. The van der Waals surface area contributed by atoms with Crippen molar-refractivity contribution in [1.82, 2.24) is 9.13 Å². The lowest BCUT2D eigenvalue weighted by Gasteiger charge is -2.28. The van der Waals surface area contributed by atoms with Gasteiger partial charge in [0.25, 0.3) is 0 Å². The molecule has 2 aromatic heterocycles. The third-order valence-corrected chi connectivity index (χ3v) is 9.48. The number of nitrogens with zero attached hydrogens (tertiary/aromatic N) is 2. The first-order valence-electron chi connectivity index (χ1n) is 16.0. The van der Waals surface area contributed by atoms with E-state index in [0.29, 0.717) is 5.56 Å². The molecule has 0 radical (unpaired) electrons. The van der Waals surface area contributed by atoms with Gasteiger partial charge in [0.15, 0.2) is 5.60 Å². The fourth-order valence-electron chi connectivity index (χ4n) is 7.52. The summed E-state index contributed by atoms with van der Waals surface area (Å²) in [5, 5.41) is 5.78. The van der Waals surface area contributed by atoms with E-state index >= 15 is 0 Å². The van der Waals surface area contributed by atoms with Crippen molar-refractivity contribution in [2.24, 2.45) is 0 Å². The van der Waals surface area contributed by atoms with Gasteiger partial charge in [-0.1, -0.05) is 66.7 Å². The highest BCUT2D eigenvalue weighted by Gasteiger charge is 2.46. The zero-order valence-electron chi connectivity index (χ0n) is 26.6. The molecular weight excluding hydrogens is 554 g/mol. The molecule has 1 aliphatic rings. The minimum atomic E-state index is -1.13. The zero-order valence-corrected chi connectivity index (χ0v) is 26.6. The summed E-state index contributed by atoms with van der Waals surface area (Å²) in [5.74, 6) is -0.308. The Balaban J connectivity index is 1.64. The minimum Gasteiger partial charge on any atom is -0.441 e. The van der Waals surface area contributed by atoms with Gasteiger partial charge >= 0.3 is 5.97 Å². The van der Waals surface area contributed by atoms with Crippen LogP contribution >= 0.6 is 0 Å². The maximum absolute atomic E-state index is 13.7. The molecule has 226 valence electrons. The standard InChI is InChI=1S/C40H39N3O2/c1-6-41-29-23-21-28(22-24-29)40(34-18-12-9-15-30(34)39(44)45-40)25-33(37-26(4)42(7-2)35-19-13-10-16-31(35)37)38-27(5)43(8-3)36-20-14-11-17-32(36)38/h9-25,41H,6-8H2,1-5H3. The molecule has 0 fully saturated rings. The van der Waals surface area contributed by atoms with Gasteiger partial charge in [-0.25, -0.2) is 4.79 Å². The van der Waals surface area contributed by atoms with Gasteiger partial charge in [0.2, 0.25) is 0 Å². The highest BCUT2D eigenvalue weighted by Crippen LogP contribution is 2.48. The Morgan fingerprint density at radius 2 is 1.27 bits per heavy atom. The molecule has 0 amide bonds. The molecule has 4 aromatic carbocycles. The number of carbonyl (C=O) groups excluding carboxylic acids is 1. The summed E-state index contributed by atoms with van der Waals surface area (Å²) in [4.78, 5) is 13.7. The van der Waals surface area contributed by atoms with E-state index in [0.717, 1.165) is 42.0 Å². The van der Waals surface area contributed by atoms with E-state index in [1.165, 1.54) is 44.3 Å². The highest BCUT2D eigenvalue weighted by atomic mass is 16.6. The number of carbonyl (C=O) groups is 1. The van der Waals surface area contributed by atoms with Crippen LogP contribution in [0.4, 0.5) is 5.69 Å². The third-order valence-electron chi connectivity index (χ3n) is 9.48. The van der Waals surface area contributed by atoms with Crippen LogP contribution in [0.25, 0.3) is 27.4 Å². The van der Waals surface area contributed by atoms with Crippen LogP contribution in [-0.4, -0.2) is 21.6 Å². The van der Waals surface area contributed by atoms with Gasteiger partial charge < -0.3 is 19.2 Å². The molecule has 0 saturated carbocycles. The van der Waals surface area contributed by atoms with Crippen LogP contribution < -0.4 is 5.32 Å². The lowest BCUT2D eigenvalue weighted by molar-refractivity contribution is 0.0276. The molecule has 0 spiro atoms. The van der Waals surface area contributed by atoms with Crippen molar-refractivity contribution < 1.29 is 9.53 Å². The summed E-state index contributed by atoms with van der Waals surface area (Å²) in [7, 11) is 0. The van der Waals surface area contributed by atoms with Crippen molar-refractivity contribution in [3.05, 3.63) is 142 Å². The van der Waals surface area contributed by atoms with Crippen LogP contribution in [0.5, 0.6) is 0 Å². The predicted octanol–water partition coefficient (Wildman–Crippen LogP) is 9.23. The van der Waals surface area contributed by atoms with Crippen LogP contribution in [-0.2, 0) is 23.4 Å². The van der Waals surface area contributed by atoms with E-state index in [4.69, 9.17) is 4.74 Å². The fraction of sp³-hybridized carbons (Fsp3) is 0.225. The smallest absolute Gasteiger partial charge is 0.340 e. The highest BCUT2D eigenvalue weighted by molar-refractivity contribution is 6.07. The molecule has 3 heterocycles. The van der Waals surface area contributed by atoms with Gasteiger partial charge in [0.05, 0.1) is 5.56 Å². The zero-order chi connectivity index (χ0) is 31.3. The van der Waals surface area contributed by atoms with Crippen molar-refractivity contribution >= 4 is 39.0 Å². The molecular formula is C40H39N3O2. The predicted molar refractivity (Wildman–Crippen MR) is 185 cm³/mol. The molecule has 1 atom stereocenters. The molecule has 5 heteroatoms. The van der Waals surface area contributed by atoms with Crippen molar-refractivity contribution in [2.45, 2.75) is 53.3 Å². The molecule has 0 aliphatic carbocycles. The number of esters is 1. The largest absolute Gasteiger partial charge is 0.441 e. The van der Waals surface area contributed by atoms with Crippen LogP contribution in [0.3, 0.4) is 0 Å². The topological polar surface area (TPSA) is 48.2 Å². The number of hydrogen-bond donors (Lipinski definition) is 1. The Bertz CT molecular complexity index is 2020. The first-order chi connectivity index (χ1) is 21.9. The van der Waals surface area contributed by atoms with Crippen LogP contribution in [0.15, 0.2) is 103 Å². The summed E-state index contributed by atoms with van der Waals surface area (Å²) < 4.78 is 11.4. The average molecular weight is 594 g/mol. The van der Waals surface area contributed by atoms with Gasteiger partial charge in [-0.2, -0.15) is 0 Å². The number of benzene rings is 4. The van der Waals surface area contributed by atoms with E-state index in [-0.39, 0.29) is 5.97 Å². The van der Waals surface area contributed by atoms with Crippen LogP contribution in [0, 0.1) is 13.8 Å². The number of cyclic esters (lactones) is 1. The maximum Gasteiger partial charge on any atom is 0.340 e. The van der Waals surface area contributed by atoms with Gasteiger partial charge in [0, 0.05) is 80.8 Å². The molecule has 45 heavy (non-hydrogen) atoms. The minimum absolute atomic E-state index is 0.308. The summed E-state index contributed by atoms with van der Waals surface area (Å²) in [6.45, 7) is 13.4. The Morgan fingerprint density at radius 3 is 1.82 bits per heavy atom. The SMILES string of the molecule is CCNc1ccc(C2(C=C(c3c(C)n(CC)c4ccccc34)c3c(C)n(CC)c4ccccc34)OC(=O)c3ccccc32)cc1. The Labute approximate surface area is 264 Å². The first-order valence-corrected chi connectivity index (χ1v) is 16.0.